The van der Waals surface area contributed by atoms with Crippen LogP contribution >= 0.6 is 27.3 Å². The molecule has 2 nitrogen and oxygen atoms in total. The Morgan fingerprint density at radius 2 is 2.11 bits per heavy atom. The quantitative estimate of drug-likeness (QED) is 0.510. The Morgan fingerprint density at radius 1 is 1.33 bits per heavy atom. The van der Waals surface area contributed by atoms with Gasteiger partial charge in [-0.25, -0.2) is 8.78 Å². The number of hydrogen-bond donors (Lipinski definition) is 2. The lowest BCUT2D eigenvalue weighted by molar-refractivity contribution is 0.471. The van der Waals surface area contributed by atoms with Crippen molar-refractivity contribution in [1.29, 1.82) is 0 Å². The average Bonchev–Trinajstić information content (AvgIpc) is 2.86. The first-order valence-electron chi connectivity index (χ1n) is 5.24. The summed E-state index contributed by atoms with van der Waals surface area (Å²) in [5, 5.41) is 3.84. The molecular weight excluding hydrogens is 322 g/mol. The highest BCUT2D eigenvalue weighted by Crippen LogP contribution is 2.28. The smallest absolute Gasteiger partial charge is 0.145 e. The molecule has 1 aromatic carbocycles. The topological polar surface area (TPSA) is 38.0 Å². The molecule has 0 bridgehead atoms. The zero-order chi connectivity index (χ0) is 13.1. The minimum Gasteiger partial charge on any atom is -0.271 e. The van der Waals surface area contributed by atoms with Crippen molar-refractivity contribution in [2.45, 2.75) is 12.5 Å². The van der Waals surface area contributed by atoms with Crippen molar-refractivity contribution in [3.63, 3.8) is 0 Å². The molecule has 6 heteroatoms. The summed E-state index contributed by atoms with van der Waals surface area (Å²) in [6.45, 7) is 0. The molecule has 0 aliphatic carbocycles. The number of nitrogens with one attached hydrogen (secondary N) is 1. The summed E-state index contributed by atoms with van der Waals surface area (Å²) in [6, 6.07) is 3.87. The first-order valence-corrected chi connectivity index (χ1v) is 6.97. The zero-order valence-corrected chi connectivity index (χ0v) is 11.7. The van der Waals surface area contributed by atoms with E-state index in [0.717, 1.165) is 5.56 Å². The summed E-state index contributed by atoms with van der Waals surface area (Å²) < 4.78 is 27.9. The predicted octanol–water partition coefficient (Wildman–Crippen LogP) is 3.54. The number of rotatable bonds is 4. The van der Waals surface area contributed by atoms with Gasteiger partial charge >= 0.3 is 0 Å². The summed E-state index contributed by atoms with van der Waals surface area (Å²) in [5.74, 6) is 4.19. The molecule has 0 saturated carbocycles. The maximum absolute atomic E-state index is 13.9. The molecule has 2 rings (SSSR count). The Labute approximate surface area is 116 Å². The molecule has 0 radical (unpaired) electrons. The van der Waals surface area contributed by atoms with Crippen LogP contribution in [0.25, 0.3) is 0 Å². The molecule has 2 aromatic rings. The number of thiophene rings is 1. The third kappa shape index (κ3) is 2.77. The normalized spacial score (nSPS) is 12.7. The largest absolute Gasteiger partial charge is 0.271 e. The third-order valence-corrected chi connectivity index (χ3v) is 3.99. The predicted molar refractivity (Wildman–Crippen MR) is 72.1 cm³/mol. The van der Waals surface area contributed by atoms with Crippen LogP contribution < -0.4 is 11.3 Å². The van der Waals surface area contributed by atoms with Crippen LogP contribution in [-0.2, 0) is 6.42 Å². The van der Waals surface area contributed by atoms with E-state index in [1.807, 2.05) is 16.8 Å². The summed E-state index contributed by atoms with van der Waals surface area (Å²) in [6.07, 6.45) is 0.435. The lowest BCUT2D eigenvalue weighted by atomic mass is 10.00. The Bertz CT molecular complexity index is 531. The molecule has 1 aromatic heterocycles. The van der Waals surface area contributed by atoms with Crippen molar-refractivity contribution < 1.29 is 8.78 Å². The van der Waals surface area contributed by atoms with Crippen LogP contribution in [0.2, 0.25) is 0 Å². The number of nitrogens with two attached hydrogens (primary N) is 1. The molecule has 0 fully saturated rings. The van der Waals surface area contributed by atoms with E-state index in [1.165, 1.54) is 23.5 Å². The van der Waals surface area contributed by atoms with E-state index in [0.29, 0.717) is 6.42 Å². The van der Waals surface area contributed by atoms with E-state index < -0.39 is 17.7 Å². The third-order valence-electron chi connectivity index (χ3n) is 2.65. The second-order valence-electron chi connectivity index (χ2n) is 3.81. The van der Waals surface area contributed by atoms with E-state index in [-0.39, 0.29) is 10.0 Å². The Morgan fingerprint density at radius 3 is 2.72 bits per heavy atom. The van der Waals surface area contributed by atoms with Gasteiger partial charge in [-0.3, -0.25) is 11.3 Å². The summed E-state index contributed by atoms with van der Waals surface area (Å²) in [4.78, 5) is 0. The zero-order valence-electron chi connectivity index (χ0n) is 9.29. The summed E-state index contributed by atoms with van der Waals surface area (Å²) in [5.41, 5.74) is 3.41. The maximum Gasteiger partial charge on any atom is 0.145 e. The number of benzene rings is 1. The van der Waals surface area contributed by atoms with Crippen LogP contribution in [-0.4, -0.2) is 0 Å². The van der Waals surface area contributed by atoms with E-state index in [2.05, 4.69) is 21.4 Å². The van der Waals surface area contributed by atoms with Crippen molar-refractivity contribution in [3.05, 3.63) is 56.2 Å². The van der Waals surface area contributed by atoms with Gasteiger partial charge in [-0.05, 0) is 56.9 Å². The Hall–Kier alpha value is -0.820. The van der Waals surface area contributed by atoms with Gasteiger partial charge in [0.1, 0.15) is 11.6 Å². The lowest BCUT2D eigenvalue weighted by Crippen LogP contribution is -2.31. The van der Waals surface area contributed by atoms with Gasteiger partial charge < -0.3 is 0 Å². The van der Waals surface area contributed by atoms with Gasteiger partial charge in [-0.15, -0.1) is 0 Å². The number of halogens is 3. The van der Waals surface area contributed by atoms with Crippen molar-refractivity contribution in [3.8, 4) is 0 Å². The van der Waals surface area contributed by atoms with E-state index >= 15 is 0 Å². The fourth-order valence-corrected chi connectivity index (χ4v) is 2.78. The average molecular weight is 333 g/mol. The fourth-order valence-electron chi connectivity index (χ4n) is 1.75. The molecule has 96 valence electrons. The number of hydrazine groups is 1. The van der Waals surface area contributed by atoms with E-state index in [1.54, 1.807) is 0 Å². The minimum atomic E-state index is -0.617. The van der Waals surface area contributed by atoms with Crippen LogP contribution in [0.3, 0.4) is 0 Å². The SMILES string of the molecule is NNC(Cc1ccsc1)c1c(F)ccc(Br)c1F. The second kappa shape index (κ2) is 5.88. The van der Waals surface area contributed by atoms with Crippen LogP contribution in [0.5, 0.6) is 0 Å². The molecule has 1 heterocycles. The Kier molecular flexibility index (Phi) is 4.45. The molecule has 0 spiro atoms. The molecule has 0 aliphatic rings. The second-order valence-corrected chi connectivity index (χ2v) is 5.45. The van der Waals surface area contributed by atoms with Crippen LogP contribution in [0.1, 0.15) is 17.2 Å². The first-order chi connectivity index (χ1) is 8.63. The Balaban J connectivity index is 2.35. The molecule has 1 unspecified atom stereocenters. The summed E-state index contributed by atoms with van der Waals surface area (Å²) >= 11 is 4.58. The van der Waals surface area contributed by atoms with E-state index in [4.69, 9.17) is 5.84 Å². The van der Waals surface area contributed by atoms with Gasteiger partial charge in [-0.2, -0.15) is 11.3 Å². The van der Waals surface area contributed by atoms with Gasteiger partial charge in [0, 0.05) is 5.56 Å². The summed E-state index contributed by atoms with van der Waals surface area (Å²) in [7, 11) is 0. The van der Waals surface area contributed by atoms with Gasteiger partial charge in [0.05, 0.1) is 10.5 Å². The monoisotopic (exact) mass is 332 g/mol. The van der Waals surface area contributed by atoms with Crippen molar-refractivity contribution in [2.75, 3.05) is 0 Å². The molecule has 0 aliphatic heterocycles. The van der Waals surface area contributed by atoms with Gasteiger partial charge in [0.2, 0.25) is 0 Å². The molecule has 1 atom stereocenters. The van der Waals surface area contributed by atoms with Crippen LogP contribution in [0.15, 0.2) is 33.4 Å². The van der Waals surface area contributed by atoms with Gasteiger partial charge in [0.15, 0.2) is 0 Å². The number of hydrogen-bond acceptors (Lipinski definition) is 3. The highest BCUT2D eigenvalue weighted by Gasteiger charge is 2.21. The molecule has 3 N–H and O–H groups in total. The molecule has 18 heavy (non-hydrogen) atoms. The van der Waals surface area contributed by atoms with Crippen molar-refractivity contribution in [1.82, 2.24) is 5.43 Å². The van der Waals surface area contributed by atoms with Crippen molar-refractivity contribution >= 4 is 27.3 Å². The van der Waals surface area contributed by atoms with Gasteiger partial charge in [-0.1, -0.05) is 0 Å². The molecule has 0 saturated heterocycles. The first kappa shape index (κ1) is 13.6. The van der Waals surface area contributed by atoms with Crippen LogP contribution in [0.4, 0.5) is 8.78 Å². The van der Waals surface area contributed by atoms with Gasteiger partial charge in [0.25, 0.3) is 0 Å². The molecule has 0 amide bonds. The maximum atomic E-state index is 13.9. The fraction of sp³-hybridized carbons (Fsp3) is 0.167. The molecular formula is C12H11BrF2N2S. The van der Waals surface area contributed by atoms with E-state index in [9.17, 15) is 8.78 Å². The minimum absolute atomic E-state index is 0.0434. The standard InChI is InChI=1S/C12H11BrF2N2S/c13-8-1-2-9(14)11(12(8)15)10(17-16)5-7-3-4-18-6-7/h1-4,6,10,17H,5,16H2. The highest BCUT2D eigenvalue weighted by atomic mass is 79.9. The lowest BCUT2D eigenvalue weighted by Gasteiger charge is -2.17. The van der Waals surface area contributed by atoms with Crippen molar-refractivity contribution in [2.24, 2.45) is 5.84 Å². The highest BCUT2D eigenvalue weighted by molar-refractivity contribution is 9.10. The van der Waals surface area contributed by atoms with Crippen LogP contribution in [0, 0.1) is 11.6 Å².